The summed E-state index contributed by atoms with van der Waals surface area (Å²) in [7, 11) is 0. The number of amides is 2. The lowest BCUT2D eigenvalue weighted by atomic mass is 10.1. The molecule has 2 aromatic carbocycles. The Balaban J connectivity index is 1.66. The van der Waals surface area contributed by atoms with Crippen molar-refractivity contribution in [1.29, 1.82) is 0 Å². The molecule has 0 radical (unpaired) electrons. The molecule has 0 aliphatic heterocycles. The zero-order valence-electron chi connectivity index (χ0n) is 18.0. The number of thioether (sulfide) groups is 1. The van der Waals surface area contributed by atoms with E-state index >= 15 is 0 Å². The van der Waals surface area contributed by atoms with Gasteiger partial charge in [0.1, 0.15) is 6.04 Å². The van der Waals surface area contributed by atoms with Crippen molar-refractivity contribution in [3.63, 3.8) is 0 Å². The number of hydrogen-bond acceptors (Lipinski definition) is 3. The quantitative estimate of drug-likeness (QED) is 0.425. The lowest BCUT2D eigenvalue weighted by molar-refractivity contribution is -0.138. The van der Waals surface area contributed by atoms with Gasteiger partial charge in [0.2, 0.25) is 11.8 Å². The Labute approximate surface area is 209 Å². The normalized spacial score (nSPS) is 14.9. The van der Waals surface area contributed by atoms with Crippen LogP contribution in [0.1, 0.15) is 43.7 Å². The van der Waals surface area contributed by atoms with Gasteiger partial charge in [-0.3, -0.25) is 9.59 Å². The molecule has 1 fully saturated rings. The maximum Gasteiger partial charge on any atom is 0.242 e. The van der Waals surface area contributed by atoms with Crippen LogP contribution in [0.3, 0.4) is 0 Å². The van der Waals surface area contributed by atoms with Gasteiger partial charge in [-0.25, -0.2) is 0 Å². The smallest absolute Gasteiger partial charge is 0.242 e. The zero-order chi connectivity index (χ0) is 23.1. The third-order valence-corrected chi connectivity index (χ3v) is 7.74. The van der Waals surface area contributed by atoms with Crippen LogP contribution in [0.4, 0.5) is 0 Å². The molecular weight excluding hydrogens is 487 g/mol. The second-order valence-electron chi connectivity index (χ2n) is 8.02. The Morgan fingerprint density at radius 2 is 1.78 bits per heavy atom. The maximum atomic E-state index is 13.2. The summed E-state index contributed by atoms with van der Waals surface area (Å²) in [4.78, 5) is 27.7. The summed E-state index contributed by atoms with van der Waals surface area (Å²) in [6.45, 7) is 2.06. The lowest BCUT2D eigenvalue weighted by Crippen LogP contribution is -2.50. The van der Waals surface area contributed by atoms with Crippen LogP contribution < -0.4 is 5.32 Å². The van der Waals surface area contributed by atoms with Gasteiger partial charge >= 0.3 is 0 Å². The van der Waals surface area contributed by atoms with Gasteiger partial charge in [-0.15, -0.1) is 11.8 Å². The Hall–Kier alpha value is -1.40. The van der Waals surface area contributed by atoms with E-state index in [-0.39, 0.29) is 30.2 Å². The highest BCUT2D eigenvalue weighted by atomic mass is 35.5. The summed E-state index contributed by atoms with van der Waals surface area (Å²) in [5.41, 5.74) is 1.80. The van der Waals surface area contributed by atoms with E-state index < -0.39 is 6.04 Å². The van der Waals surface area contributed by atoms with E-state index in [1.54, 1.807) is 30.0 Å². The van der Waals surface area contributed by atoms with Crippen molar-refractivity contribution in [2.45, 2.75) is 57.0 Å². The van der Waals surface area contributed by atoms with Crippen molar-refractivity contribution < 1.29 is 9.59 Å². The van der Waals surface area contributed by atoms with Gasteiger partial charge in [0.25, 0.3) is 0 Å². The minimum absolute atomic E-state index is 0.107. The number of nitrogens with one attached hydrogen (secondary N) is 1. The topological polar surface area (TPSA) is 49.4 Å². The largest absolute Gasteiger partial charge is 0.352 e. The number of carbonyl (C=O) groups is 2. The first-order valence-corrected chi connectivity index (χ1v) is 13.0. The molecule has 1 saturated carbocycles. The first kappa shape index (κ1) is 25.2. The fourth-order valence-electron chi connectivity index (χ4n) is 3.75. The Kier molecular flexibility index (Phi) is 9.60. The molecule has 0 heterocycles. The predicted octanol–water partition coefficient (Wildman–Crippen LogP) is 6.36. The number of nitrogens with zero attached hydrogens (tertiary/aromatic N) is 1. The van der Waals surface area contributed by atoms with Crippen molar-refractivity contribution in [3.05, 3.63) is 68.7 Å². The molecule has 1 aliphatic rings. The van der Waals surface area contributed by atoms with Crippen LogP contribution in [0.5, 0.6) is 0 Å². The summed E-state index contributed by atoms with van der Waals surface area (Å²) in [6, 6.07) is 12.5. The zero-order valence-corrected chi connectivity index (χ0v) is 21.0. The molecule has 3 rings (SSSR count). The van der Waals surface area contributed by atoms with E-state index in [1.165, 1.54) is 11.8 Å². The summed E-state index contributed by atoms with van der Waals surface area (Å²) in [5, 5.41) is 4.69. The number of benzene rings is 2. The van der Waals surface area contributed by atoms with Gasteiger partial charge in [-0.2, -0.15) is 0 Å². The summed E-state index contributed by atoms with van der Waals surface area (Å²) in [6.07, 6.45) is 4.26. The molecule has 32 heavy (non-hydrogen) atoms. The summed E-state index contributed by atoms with van der Waals surface area (Å²) < 4.78 is 0. The van der Waals surface area contributed by atoms with E-state index in [4.69, 9.17) is 34.8 Å². The third-order valence-electron chi connectivity index (χ3n) is 5.65. The van der Waals surface area contributed by atoms with E-state index in [0.29, 0.717) is 20.8 Å². The van der Waals surface area contributed by atoms with E-state index in [1.807, 2.05) is 24.3 Å². The van der Waals surface area contributed by atoms with E-state index in [0.717, 1.165) is 36.8 Å². The number of carbonyl (C=O) groups excluding carboxylic acids is 2. The second kappa shape index (κ2) is 12.2. The number of halogens is 3. The van der Waals surface area contributed by atoms with Gasteiger partial charge in [0.15, 0.2) is 0 Å². The van der Waals surface area contributed by atoms with E-state index in [9.17, 15) is 9.59 Å². The number of rotatable bonds is 9. The highest BCUT2D eigenvalue weighted by Gasteiger charge is 2.28. The molecule has 0 aromatic heterocycles. The summed E-state index contributed by atoms with van der Waals surface area (Å²) in [5.74, 6) is 0.632. The molecule has 0 spiro atoms. The van der Waals surface area contributed by atoms with Crippen LogP contribution in [-0.2, 0) is 21.9 Å². The van der Waals surface area contributed by atoms with Gasteiger partial charge in [0, 0.05) is 23.4 Å². The third kappa shape index (κ3) is 7.05. The van der Waals surface area contributed by atoms with Crippen LogP contribution in [-0.4, -0.2) is 34.6 Å². The average Bonchev–Trinajstić information content (AvgIpc) is 3.28. The molecule has 2 amide bonds. The molecule has 8 heteroatoms. The Morgan fingerprint density at radius 1 is 1.06 bits per heavy atom. The lowest BCUT2D eigenvalue weighted by Gasteiger charge is -2.30. The average molecular weight is 514 g/mol. The molecule has 1 N–H and O–H groups in total. The van der Waals surface area contributed by atoms with Gasteiger partial charge in [-0.1, -0.05) is 71.9 Å². The van der Waals surface area contributed by atoms with Crippen molar-refractivity contribution in [1.82, 2.24) is 10.2 Å². The molecule has 172 valence electrons. The first-order valence-electron chi connectivity index (χ1n) is 10.7. The Morgan fingerprint density at radius 3 is 2.47 bits per heavy atom. The van der Waals surface area contributed by atoms with Crippen molar-refractivity contribution in [2.24, 2.45) is 0 Å². The molecule has 0 bridgehead atoms. The molecule has 0 unspecified atom stereocenters. The fraction of sp³-hybridized carbons (Fsp3) is 0.417. The highest BCUT2D eigenvalue weighted by molar-refractivity contribution is 7.99. The monoisotopic (exact) mass is 512 g/mol. The predicted molar refractivity (Wildman–Crippen MR) is 134 cm³/mol. The molecule has 1 atom stereocenters. The summed E-state index contributed by atoms with van der Waals surface area (Å²) >= 11 is 19.9. The maximum absolute atomic E-state index is 13.2. The molecule has 0 saturated heterocycles. The van der Waals surface area contributed by atoms with Gasteiger partial charge in [-0.05, 0) is 49.1 Å². The van der Waals surface area contributed by atoms with Crippen LogP contribution in [0.2, 0.25) is 15.1 Å². The van der Waals surface area contributed by atoms with Crippen LogP contribution in [0.25, 0.3) is 0 Å². The molecular formula is C24H27Cl3N2O2S. The van der Waals surface area contributed by atoms with Crippen molar-refractivity contribution in [2.75, 3.05) is 5.75 Å². The SMILES string of the molecule is C[C@H](C(=O)NC1CCCC1)N(Cc1ccccc1Cl)C(=O)CSCc1ccc(Cl)c(Cl)c1. The molecule has 1 aliphatic carbocycles. The first-order chi connectivity index (χ1) is 15.3. The van der Waals surface area contributed by atoms with E-state index in [2.05, 4.69) is 5.32 Å². The second-order valence-corrected chi connectivity index (χ2v) is 10.2. The van der Waals surface area contributed by atoms with Crippen molar-refractivity contribution in [3.8, 4) is 0 Å². The Bertz CT molecular complexity index is 951. The van der Waals surface area contributed by atoms with Crippen molar-refractivity contribution >= 4 is 58.4 Å². The minimum atomic E-state index is -0.593. The van der Waals surface area contributed by atoms with Crippen LogP contribution >= 0.6 is 46.6 Å². The van der Waals surface area contributed by atoms with Gasteiger partial charge < -0.3 is 10.2 Å². The van der Waals surface area contributed by atoms with Gasteiger partial charge in [0.05, 0.1) is 15.8 Å². The molecule has 2 aromatic rings. The standard InChI is InChI=1S/C24H27Cl3N2O2S/c1-16(24(31)28-19-7-3-4-8-19)29(13-18-6-2-5-9-20(18)25)23(30)15-32-14-17-10-11-21(26)22(27)12-17/h2,5-6,9-12,16,19H,3-4,7-8,13-15H2,1H3,(H,28,31)/t16-/m1/s1. The fourth-order valence-corrected chi connectivity index (χ4v) is 5.13. The van der Waals surface area contributed by atoms with Crippen LogP contribution in [0.15, 0.2) is 42.5 Å². The number of hydrogen-bond donors (Lipinski definition) is 1. The molecule has 4 nitrogen and oxygen atoms in total. The highest BCUT2D eigenvalue weighted by Crippen LogP contribution is 2.25. The van der Waals surface area contributed by atoms with Crippen LogP contribution in [0, 0.1) is 0 Å². The minimum Gasteiger partial charge on any atom is -0.352 e.